The van der Waals surface area contributed by atoms with Gasteiger partial charge in [0.1, 0.15) is 5.57 Å². The van der Waals surface area contributed by atoms with Crippen LogP contribution in [-0.2, 0) is 0 Å². The maximum atomic E-state index is 3.60. The molecule has 0 aliphatic heterocycles. The predicted octanol–water partition coefficient (Wildman–Crippen LogP) is 2.03. The van der Waals surface area contributed by atoms with Crippen molar-refractivity contribution in [3.63, 3.8) is 0 Å². The Balaban J connectivity index is 2.82. The van der Waals surface area contributed by atoms with E-state index in [1.165, 1.54) is 0 Å². The summed E-state index contributed by atoms with van der Waals surface area (Å²) in [5.74, 6) is 0. The first-order valence-corrected chi connectivity index (χ1v) is 2.52. The molecule has 1 aliphatic rings. The predicted molar refractivity (Wildman–Crippen MR) is 35.2 cm³/mol. The van der Waals surface area contributed by atoms with E-state index in [0.717, 1.165) is 5.57 Å². The van der Waals surface area contributed by atoms with Crippen LogP contribution in [0.25, 0.3) is 0 Å². The SMILES string of the molecule is C=CC1=CC=CC=[C+]1. The molecule has 1 rings (SSSR count). The minimum Gasteiger partial charge on any atom is -0.0550 e. The van der Waals surface area contributed by atoms with Crippen molar-refractivity contribution in [2.75, 3.05) is 0 Å². The molecule has 0 amide bonds. The van der Waals surface area contributed by atoms with Crippen molar-refractivity contribution in [2.24, 2.45) is 0 Å². The zero-order valence-corrected chi connectivity index (χ0v) is 4.59. The Morgan fingerprint density at radius 1 is 1.50 bits per heavy atom. The summed E-state index contributed by atoms with van der Waals surface area (Å²) in [5.41, 5.74) is 1.05. The highest BCUT2D eigenvalue weighted by Crippen LogP contribution is 2.01. The van der Waals surface area contributed by atoms with Crippen LogP contribution in [0.2, 0.25) is 0 Å². The van der Waals surface area contributed by atoms with Gasteiger partial charge in [-0.2, -0.15) is 0 Å². The molecule has 0 heterocycles. The molecule has 1 aliphatic carbocycles. The van der Waals surface area contributed by atoms with Crippen LogP contribution in [-0.4, -0.2) is 0 Å². The monoisotopic (exact) mass is 103 g/mol. The molecule has 0 aromatic rings. The first-order valence-electron chi connectivity index (χ1n) is 2.52. The van der Waals surface area contributed by atoms with Gasteiger partial charge >= 0.3 is 0 Å². The third-order valence-electron chi connectivity index (χ3n) is 0.953. The Morgan fingerprint density at radius 2 is 2.38 bits per heavy atom. The quantitative estimate of drug-likeness (QED) is 0.445. The minimum atomic E-state index is 1.05. The molecular weight excluding hydrogens is 96.1 g/mol. The second-order valence-electron chi connectivity index (χ2n) is 1.52. The van der Waals surface area contributed by atoms with Crippen molar-refractivity contribution in [1.82, 2.24) is 0 Å². The highest BCUT2D eigenvalue weighted by Gasteiger charge is 1.93. The van der Waals surface area contributed by atoms with Gasteiger partial charge in [-0.05, 0) is 0 Å². The topological polar surface area (TPSA) is 0 Å². The van der Waals surface area contributed by atoms with E-state index >= 15 is 0 Å². The van der Waals surface area contributed by atoms with Crippen LogP contribution < -0.4 is 0 Å². The third kappa shape index (κ3) is 0.927. The maximum absolute atomic E-state index is 3.60. The van der Waals surface area contributed by atoms with Gasteiger partial charge in [-0.3, -0.25) is 0 Å². The molecule has 0 aromatic carbocycles. The third-order valence-corrected chi connectivity index (χ3v) is 0.953. The number of hydrogen-bond acceptors (Lipinski definition) is 0. The van der Waals surface area contributed by atoms with E-state index in [0.29, 0.717) is 0 Å². The lowest BCUT2D eigenvalue weighted by molar-refractivity contribution is 1.60. The van der Waals surface area contributed by atoms with Gasteiger partial charge in [-0.1, -0.05) is 6.58 Å². The fourth-order valence-corrected chi connectivity index (χ4v) is 0.534. The van der Waals surface area contributed by atoms with E-state index in [2.05, 4.69) is 12.7 Å². The zero-order valence-electron chi connectivity index (χ0n) is 4.59. The molecule has 0 saturated carbocycles. The van der Waals surface area contributed by atoms with Crippen molar-refractivity contribution >= 4 is 0 Å². The van der Waals surface area contributed by atoms with E-state index in [1.807, 2.05) is 24.3 Å². The Bertz CT molecular complexity index is 168. The molecule has 0 bridgehead atoms. The molecule has 8 heavy (non-hydrogen) atoms. The van der Waals surface area contributed by atoms with Gasteiger partial charge in [0.05, 0.1) is 6.08 Å². The lowest BCUT2D eigenvalue weighted by atomic mass is 10.2. The summed E-state index contributed by atoms with van der Waals surface area (Å²) in [6.45, 7) is 3.60. The van der Waals surface area contributed by atoms with Crippen LogP contribution in [0.5, 0.6) is 0 Å². The standard InChI is InChI=1S/C8H7/c1-2-8-6-4-3-5-7-8/h2-6H,1H2/q+1. The number of allylic oxidation sites excluding steroid dienone is 7. The van der Waals surface area contributed by atoms with Crippen molar-refractivity contribution in [3.8, 4) is 0 Å². The fourth-order valence-electron chi connectivity index (χ4n) is 0.534. The highest BCUT2D eigenvalue weighted by atomic mass is 13.9. The summed E-state index contributed by atoms with van der Waals surface area (Å²) in [7, 11) is 0. The number of hydrogen-bond donors (Lipinski definition) is 0. The van der Waals surface area contributed by atoms with Crippen molar-refractivity contribution in [2.45, 2.75) is 0 Å². The molecule has 0 unspecified atom stereocenters. The van der Waals surface area contributed by atoms with Crippen LogP contribution >= 0.6 is 0 Å². The molecule has 0 saturated heterocycles. The first-order chi connectivity index (χ1) is 3.93. The second-order valence-corrected chi connectivity index (χ2v) is 1.52. The highest BCUT2D eigenvalue weighted by molar-refractivity contribution is 5.34. The van der Waals surface area contributed by atoms with Crippen LogP contribution in [0.4, 0.5) is 0 Å². The fraction of sp³-hybridized carbons (Fsp3) is 0. The molecule has 0 fully saturated rings. The van der Waals surface area contributed by atoms with E-state index in [9.17, 15) is 0 Å². The molecule has 0 N–H and O–H groups in total. The summed E-state index contributed by atoms with van der Waals surface area (Å²) in [5, 5.41) is 0. The summed E-state index contributed by atoms with van der Waals surface area (Å²) in [6.07, 6.45) is 12.5. The minimum absolute atomic E-state index is 1.05. The van der Waals surface area contributed by atoms with Gasteiger partial charge in [0, 0.05) is 30.4 Å². The van der Waals surface area contributed by atoms with Gasteiger partial charge < -0.3 is 0 Å². The van der Waals surface area contributed by atoms with Gasteiger partial charge in [-0.15, -0.1) is 0 Å². The summed E-state index contributed by atoms with van der Waals surface area (Å²) in [4.78, 5) is 0. The van der Waals surface area contributed by atoms with Crippen molar-refractivity contribution in [3.05, 3.63) is 48.6 Å². The molecule has 0 aromatic heterocycles. The summed E-state index contributed by atoms with van der Waals surface area (Å²) in [6, 6.07) is 0. The normalized spacial score (nSPS) is 14.8. The second kappa shape index (κ2) is 2.25. The lowest BCUT2D eigenvalue weighted by Gasteiger charge is -1.80. The Labute approximate surface area is 49.5 Å². The van der Waals surface area contributed by atoms with E-state index in [4.69, 9.17) is 0 Å². The van der Waals surface area contributed by atoms with Crippen LogP contribution in [0, 0.1) is 6.08 Å². The van der Waals surface area contributed by atoms with Crippen LogP contribution in [0.15, 0.2) is 42.5 Å². The molecule has 0 radical (unpaired) electrons. The first kappa shape index (κ1) is 5.02. The van der Waals surface area contributed by atoms with Gasteiger partial charge in [0.15, 0.2) is 0 Å². The smallest absolute Gasteiger partial charge is 0.0550 e. The van der Waals surface area contributed by atoms with Gasteiger partial charge in [0.2, 0.25) is 0 Å². The summed E-state index contributed by atoms with van der Waals surface area (Å²) >= 11 is 0. The van der Waals surface area contributed by atoms with Crippen LogP contribution in [0.3, 0.4) is 0 Å². The molecule has 0 spiro atoms. The van der Waals surface area contributed by atoms with E-state index in [-0.39, 0.29) is 0 Å². The molecule has 38 valence electrons. The maximum Gasteiger partial charge on any atom is 0.147 e. The Hall–Kier alpha value is -1.13. The molecule has 0 heteroatoms. The van der Waals surface area contributed by atoms with Crippen LogP contribution in [0.1, 0.15) is 0 Å². The molecule has 0 nitrogen and oxygen atoms in total. The average Bonchev–Trinajstić information content (AvgIpc) is 1.90. The van der Waals surface area contributed by atoms with Gasteiger partial charge in [-0.25, -0.2) is 0 Å². The van der Waals surface area contributed by atoms with E-state index in [1.54, 1.807) is 6.08 Å². The molecule has 0 atom stereocenters. The average molecular weight is 103 g/mol. The summed E-state index contributed by atoms with van der Waals surface area (Å²) < 4.78 is 0. The lowest BCUT2D eigenvalue weighted by Crippen LogP contribution is -1.72. The van der Waals surface area contributed by atoms with E-state index < -0.39 is 0 Å². The Morgan fingerprint density at radius 3 is 2.75 bits per heavy atom. The van der Waals surface area contributed by atoms with Crippen molar-refractivity contribution < 1.29 is 0 Å². The number of rotatable bonds is 1. The largest absolute Gasteiger partial charge is 0.147 e. The van der Waals surface area contributed by atoms with Gasteiger partial charge in [0.25, 0.3) is 0 Å². The Kier molecular flexibility index (Phi) is 1.41. The molecular formula is C8H7+. The van der Waals surface area contributed by atoms with Crippen molar-refractivity contribution in [1.29, 1.82) is 0 Å². The zero-order chi connectivity index (χ0) is 5.82.